The lowest BCUT2D eigenvalue weighted by molar-refractivity contribution is -0.116. The van der Waals surface area contributed by atoms with Crippen molar-refractivity contribution >= 4 is 28.9 Å². The fourth-order valence-corrected chi connectivity index (χ4v) is 2.58. The van der Waals surface area contributed by atoms with Crippen molar-refractivity contribution in [1.82, 2.24) is 0 Å². The van der Waals surface area contributed by atoms with Gasteiger partial charge in [-0.15, -0.1) is 0 Å². The maximum Gasteiger partial charge on any atom is 0.243 e. The topological polar surface area (TPSA) is 79.5 Å². The largest absolute Gasteiger partial charge is 0.494 e. The van der Waals surface area contributed by atoms with Gasteiger partial charge in [0.25, 0.3) is 0 Å². The van der Waals surface area contributed by atoms with Crippen molar-refractivity contribution in [2.75, 3.05) is 29.1 Å². The van der Waals surface area contributed by atoms with Gasteiger partial charge in [0.2, 0.25) is 11.8 Å². The first-order chi connectivity index (χ1) is 13.5. The summed E-state index contributed by atoms with van der Waals surface area (Å²) in [5.41, 5.74) is 3.14. The highest BCUT2D eigenvalue weighted by Gasteiger charge is 2.08. The number of benzene rings is 2. The van der Waals surface area contributed by atoms with E-state index in [1.807, 2.05) is 49.4 Å². The molecule has 2 amide bonds. The molecule has 0 heterocycles. The molecule has 150 valence electrons. The van der Waals surface area contributed by atoms with E-state index in [2.05, 4.69) is 22.9 Å². The second-order valence-corrected chi connectivity index (χ2v) is 6.51. The molecule has 0 fully saturated rings. The molecule has 0 atom stereocenters. The summed E-state index contributed by atoms with van der Waals surface area (Å²) < 4.78 is 5.67. The van der Waals surface area contributed by atoms with Crippen LogP contribution >= 0.6 is 0 Å². The smallest absolute Gasteiger partial charge is 0.243 e. The zero-order valence-corrected chi connectivity index (χ0v) is 16.8. The lowest BCUT2D eigenvalue weighted by Gasteiger charge is -2.14. The van der Waals surface area contributed by atoms with Gasteiger partial charge in [-0.1, -0.05) is 32.4 Å². The normalized spacial score (nSPS) is 10.2. The number of rotatable bonds is 10. The molecule has 0 bridgehead atoms. The van der Waals surface area contributed by atoms with E-state index in [9.17, 15) is 9.59 Å². The number of amides is 2. The van der Waals surface area contributed by atoms with Gasteiger partial charge in [-0.05, 0) is 43.2 Å². The Morgan fingerprint density at radius 2 is 1.71 bits per heavy atom. The summed E-state index contributed by atoms with van der Waals surface area (Å²) in [6.07, 6.45) is 2.49. The highest BCUT2D eigenvalue weighted by molar-refractivity contribution is 5.95. The van der Waals surface area contributed by atoms with Crippen LogP contribution in [-0.2, 0) is 9.59 Å². The predicted octanol–water partition coefficient (Wildman–Crippen LogP) is 4.57. The Bertz CT molecular complexity index is 805. The molecule has 0 saturated heterocycles. The average Bonchev–Trinajstić information content (AvgIpc) is 2.69. The van der Waals surface area contributed by atoms with Gasteiger partial charge in [-0.25, -0.2) is 0 Å². The number of hydrogen-bond donors (Lipinski definition) is 3. The zero-order valence-electron chi connectivity index (χ0n) is 16.8. The van der Waals surface area contributed by atoms with E-state index in [4.69, 9.17) is 4.74 Å². The molecular formula is C22H29N3O3. The number of unbranched alkanes of at least 4 members (excludes halogenated alkanes) is 1. The molecule has 0 radical (unpaired) electrons. The molecule has 2 aromatic rings. The third-order valence-electron chi connectivity index (χ3n) is 4.25. The minimum atomic E-state index is -0.159. The van der Waals surface area contributed by atoms with Crippen LogP contribution < -0.4 is 20.7 Å². The van der Waals surface area contributed by atoms with E-state index in [-0.39, 0.29) is 18.4 Å². The van der Waals surface area contributed by atoms with E-state index in [0.717, 1.165) is 35.5 Å². The van der Waals surface area contributed by atoms with E-state index in [1.54, 1.807) is 6.92 Å². The Morgan fingerprint density at radius 3 is 2.46 bits per heavy atom. The van der Waals surface area contributed by atoms with Crippen LogP contribution in [0.4, 0.5) is 17.1 Å². The van der Waals surface area contributed by atoms with Crippen molar-refractivity contribution in [3.05, 3.63) is 48.0 Å². The van der Waals surface area contributed by atoms with E-state index < -0.39 is 0 Å². The van der Waals surface area contributed by atoms with Gasteiger partial charge < -0.3 is 20.7 Å². The summed E-state index contributed by atoms with van der Waals surface area (Å²) in [6.45, 7) is 6.61. The lowest BCUT2D eigenvalue weighted by Crippen LogP contribution is -2.22. The zero-order chi connectivity index (χ0) is 20.4. The van der Waals surface area contributed by atoms with Crippen LogP contribution in [0.3, 0.4) is 0 Å². The van der Waals surface area contributed by atoms with Gasteiger partial charge in [0.1, 0.15) is 5.75 Å². The molecule has 0 saturated carbocycles. The van der Waals surface area contributed by atoms with Gasteiger partial charge >= 0.3 is 0 Å². The number of anilines is 3. The van der Waals surface area contributed by atoms with Crippen LogP contribution in [0.1, 0.15) is 38.7 Å². The molecule has 0 spiro atoms. The summed E-state index contributed by atoms with van der Waals surface area (Å²) in [7, 11) is 0. The van der Waals surface area contributed by atoms with Crippen LogP contribution in [0.5, 0.6) is 5.75 Å². The SMILES string of the molecule is CCCCOc1cccc(NC(=O)CNc2cccc(NC(=O)CC)c2C)c1. The number of carbonyl (C=O) groups excluding carboxylic acids is 2. The molecule has 6 nitrogen and oxygen atoms in total. The Labute approximate surface area is 166 Å². The van der Waals surface area contributed by atoms with Crippen molar-refractivity contribution < 1.29 is 14.3 Å². The Kier molecular flexibility index (Phi) is 8.34. The third-order valence-corrected chi connectivity index (χ3v) is 4.25. The first-order valence-electron chi connectivity index (χ1n) is 9.69. The van der Waals surface area contributed by atoms with Crippen molar-refractivity contribution in [1.29, 1.82) is 0 Å². The number of ether oxygens (including phenoxy) is 1. The fourth-order valence-electron chi connectivity index (χ4n) is 2.58. The standard InChI is InChI=1S/C22H29N3O3/c1-4-6-13-28-18-10-7-9-17(14-18)24-22(27)15-23-19-11-8-12-20(16(19)3)25-21(26)5-2/h7-12,14,23H,4-6,13,15H2,1-3H3,(H,24,27)(H,25,26). The maximum absolute atomic E-state index is 12.3. The predicted molar refractivity (Wildman–Crippen MR) is 114 cm³/mol. The third kappa shape index (κ3) is 6.61. The van der Waals surface area contributed by atoms with Gasteiger partial charge in [0.05, 0.1) is 13.2 Å². The Hall–Kier alpha value is -3.02. The van der Waals surface area contributed by atoms with E-state index in [1.165, 1.54) is 0 Å². The number of nitrogens with one attached hydrogen (secondary N) is 3. The first-order valence-corrected chi connectivity index (χ1v) is 9.69. The minimum absolute atomic E-state index is 0.0426. The molecule has 2 rings (SSSR count). The van der Waals surface area contributed by atoms with Gasteiger partial charge in [-0.2, -0.15) is 0 Å². The number of carbonyl (C=O) groups is 2. The van der Waals surface area contributed by atoms with Crippen molar-refractivity contribution in [2.24, 2.45) is 0 Å². The van der Waals surface area contributed by atoms with E-state index >= 15 is 0 Å². The van der Waals surface area contributed by atoms with Gasteiger partial charge in [0, 0.05) is 29.5 Å². The lowest BCUT2D eigenvalue weighted by atomic mass is 10.1. The summed E-state index contributed by atoms with van der Waals surface area (Å²) in [5, 5.41) is 8.86. The molecule has 0 aliphatic rings. The van der Waals surface area contributed by atoms with Gasteiger partial charge in [0.15, 0.2) is 0 Å². The van der Waals surface area contributed by atoms with Crippen molar-refractivity contribution in [2.45, 2.75) is 40.0 Å². The summed E-state index contributed by atoms with van der Waals surface area (Å²) in [6, 6.07) is 13.0. The summed E-state index contributed by atoms with van der Waals surface area (Å²) in [5.74, 6) is 0.543. The molecule has 2 aromatic carbocycles. The molecule has 0 aliphatic carbocycles. The summed E-state index contributed by atoms with van der Waals surface area (Å²) in [4.78, 5) is 23.9. The minimum Gasteiger partial charge on any atom is -0.494 e. The second kappa shape index (κ2) is 11.0. The maximum atomic E-state index is 12.3. The molecular weight excluding hydrogens is 354 g/mol. The quantitative estimate of drug-likeness (QED) is 0.525. The van der Waals surface area contributed by atoms with Crippen molar-refractivity contribution in [3.63, 3.8) is 0 Å². The second-order valence-electron chi connectivity index (χ2n) is 6.51. The van der Waals surface area contributed by atoms with E-state index in [0.29, 0.717) is 18.7 Å². The van der Waals surface area contributed by atoms with Crippen molar-refractivity contribution in [3.8, 4) is 5.75 Å². The summed E-state index contributed by atoms with van der Waals surface area (Å²) >= 11 is 0. The van der Waals surface area contributed by atoms with Crippen LogP contribution in [0.2, 0.25) is 0 Å². The van der Waals surface area contributed by atoms with Crippen LogP contribution in [0, 0.1) is 6.92 Å². The molecule has 6 heteroatoms. The molecule has 0 aliphatic heterocycles. The Balaban J connectivity index is 1.91. The monoisotopic (exact) mass is 383 g/mol. The highest BCUT2D eigenvalue weighted by Crippen LogP contribution is 2.23. The fraction of sp³-hybridized carbons (Fsp3) is 0.364. The van der Waals surface area contributed by atoms with Gasteiger partial charge in [-0.3, -0.25) is 9.59 Å². The van der Waals surface area contributed by atoms with Crippen LogP contribution in [0.15, 0.2) is 42.5 Å². The first kappa shape index (κ1) is 21.3. The molecule has 0 unspecified atom stereocenters. The van der Waals surface area contributed by atoms with Crippen LogP contribution in [0.25, 0.3) is 0 Å². The number of hydrogen-bond acceptors (Lipinski definition) is 4. The molecule has 3 N–H and O–H groups in total. The average molecular weight is 383 g/mol. The molecule has 28 heavy (non-hydrogen) atoms. The highest BCUT2D eigenvalue weighted by atomic mass is 16.5. The molecule has 0 aromatic heterocycles. The van der Waals surface area contributed by atoms with Crippen LogP contribution in [-0.4, -0.2) is 25.0 Å². The Morgan fingerprint density at radius 1 is 0.964 bits per heavy atom.